The molecule has 5 heteroatoms. The second kappa shape index (κ2) is 5.33. The van der Waals surface area contributed by atoms with Crippen molar-refractivity contribution >= 4 is 11.4 Å². The average Bonchev–Trinajstić information content (AvgIpc) is 2.94. The monoisotopic (exact) mass is 236 g/mol. The summed E-state index contributed by atoms with van der Waals surface area (Å²) < 4.78 is 5.30. The number of hydrogen-bond acceptors (Lipinski definition) is 5. The summed E-state index contributed by atoms with van der Waals surface area (Å²) >= 11 is 0. The maximum atomic E-state index is 8.60. The minimum atomic E-state index is -0.232. The fourth-order valence-corrected chi connectivity index (χ4v) is 1.42. The number of rotatable bonds is 3. The number of nitrogens with zero attached hydrogens (tertiary/aromatic N) is 3. The van der Waals surface area contributed by atoms with Gasteiger partial charge in [-0.15, -0.1) is 0 Å². The normalized spacial score (nSPS) is 9.00. The molecular formula is C13H8N4O. The van der Waals surface area contributed by atoms with Crippen LogP contribution in [0.5, 0.6) is 0 Å². The first-order valence-corrected chi connectivity index (χ1v) is 5.12. The van der Waals surface area contributed by atoms with Gasteiger partial charge in [-0.25, -0.2) is 0 Å². The predicted molar refractivity (Wildman–Crippen MR) is 66.4 cm³/mol. The largest absolute Gasteiger partial charge is 0.464 e. The quantitative estimate of drug-likeness (QED) is 0.655. The highest BCUT2D eigenvalue weighted by molar-refractivity contribution is 6.10. The predicted octanol–water partition coefficient (Wildman–Crippen LogP) is 2.76. The van der Waals surface area contributed by atoms with Gasteiger partial charge in [0.05, 0.1) is 12.0 Å². The number of para-hydroxylation sites is 1. The molecule has 0 amide bonds. The molecule has 0 unspecified atom stereocenters. The van der Waals surface area contributed by atoms with E-state index in [0.717, 1.165) is 5.56 Å². The van der Waals surface area contributed by atoms with Gasteiger partial charge in [0.25, 0.3) is 0 Å². The van der Waals surface area contributed by atoms with Crippen LogP contribution >= 0.6 is 0 Å². The molecule has 0 aliphatic rings. The molecule has 18 heavy (non-hydrogen) atoms. The van der Waals surface area contributed by atoms with Gasteiger partial charge in [0.15, 0.2) is 0 Å². The van der Waals surface area contributed by atoms with Crippen LogP contribution in [-0.2, 0) is 0 Å². The topological polar surface area (TPSA) is 85.1 Å². The third-order valence-electron chi connectivity index (χ3n) is 2.21. The molecule has 0 fully saturated rings. The van der Waals surface area contributed by atoms with Crippen molar-refractivity contribution in [3.8, 4) is 23.5 Å². The summed E-state index contributed by atoms with van der Waals surface area (Å²) in [6, 6.07) is 14.3. The lowest BCUT2D eigenvalue weighted by Crippen LogP contribution is -1.97. The SMILES string of the molecule is N#CC(C#N)=NNc1ccccc1-c1ccco1. The maximum Gasteiger partial charge on any atom is 0.237 e. The van der Waals surface area contributed by atoms with Crippen LogP contribution in [0, 0.1) is 22.7 Å². The highest BCUT2D eigenvalue weighted by atomic mass is 16.3. The molecule has 2 rings (SSSR count). The molecule has 1 aromatic heterocycles. The first-order chi connectivity index (χ1) is 8.85. The third-order valence-corrected chi connectivity index (χ3v) is 2.21. The Labute approximate surface area is 104 Å². The molecule has 1 heterocycles. The number of nitriles is 2. The van der Waals surface area contributed by atoms with E-state index in [4.69, 9.17) is 14.9 Å². The maximum absolute atomic E-state index is 8.60. The molecule has 0 aliphatic carbocycles. The zero-order chi connectivity index (χ0) is 12.8. The van der Waals surface area contributed by atoms with Gasteiger partial charge in [0, 0.05) is 5.56 Å². The number of anilines is 1. The smallest absolute Gasteiger partial charge is 0.237 e. The van der Waals surface area contributed by atoms with Crippen molar-refractivity contribution in [2.45, 2.75) is 0 Å². The molecule has 86 valence electrons. The summed E-state index contributed by atoms with van der Waals surface area (Å²) in [7, 11) is 0. The zero-order valence-electron chi connectivity index (χ0n) is 9.29. The van der Waals surface area contributed by atoms with Gasteiger partial charge in [0.1, 0.15) is 17.9 Å². The van der Waals surface area contributed by atoms with Gasteiger partial charge in [-0.2, -0.15) is 15.6 Å². The van der Waals surface area contributed by atoms with Crippen molar-refractivity contribution < 1.29 is 4.42 Å². The van der Waals surface area contributed by atoms with Crippen molar-refractivity contribution in [3.63, 3.8) is 0 Å². The summed E-state index contributed by atoms with van der Waals surface area (Å²) in [5, 5.41) is 20.9. The first kappa shape index (κ1) is 11.4. The second-order valence-electron chi connectivity index (χ2n) is 3.32. The summed E-state index contributed by atoms with van der Waals surface area (Å²) in [4.78, 5) is 0. The standard InChI is InChI=1S/C13H8N4O/c14-8-10(9-15)16-17-12-5-2-1-4-11(12)13-6-3-7-18-13/h1-7,17H. The van der Waals surface area contributed by atoms with Crippen molar-refractivity contribution in [3.05, 3.63) is 42.7 Å². The minimum absolute atomic E-state index is 0.232. The fraction of sp³-hybridized carbons (Fsp3) is 0. The lowest BCUT2D eigenvalue weighted by atomic mass is 10.1. The Hall–Kier alpha value is -3.05. The molecule has 0 spiro atoms. The molecular weight excluding hydrogens is 228 g/mol. The minimum Gasteiger partial charge on any atom is -0.464 e. The molecule has 0 saturated heterocycles. The van der Waals surface area contributed by atoms with E-state index in [1.54, 1.807) is 30.5 Å². The first-order valence-electron chi connectivity index (χ1n) is 5.12. The number of hydrazone groups is 1. The van der Waals surface area contributed by atoms with Gasteiger partial charge in [-0.3, -0.25) is 5.43 Å². The molecule has 0 bridgehead atoms. The number of nitrogens with one attached hydrogen (secondary N) is 1. The Balaban J connectivity index is 2.33. The van der Waals surface area contributed by atoms with E-state index in [1.807, 2.05) is 24.3 Å². The molecule has 2 aromatic rings. The highest BCUT2D eigenvalue weighted by Gasteiger charge is 2.06. The Morgan fingerprint density at radius 2 is 1.89 bits per heavy atom. The number of benzene rings is 1. The van der Waals surface area contributed by atoms with E-state index >= 15 is 0 Å². The zero-order valence-corrected chi connectivity index (χ0v) is 9.29. The van der Waals surface area contributed by atoms with Crippen LogP contribution < -0.4 is 5.43 Å². The van der Waals surface area contributed by atoms with Gasteiger partial charge >= 0.3 is 0 Å². The van der Waals surface area contributed by atoms with Gasteiger partial charge < -0.3 is 4.42 Å². The summed E-state index contributed by atoms with van der Waals surface area (Å²) in [6.45, 7) is 0. The van der Waals surface area contributed by atoms with E-state index in [9.17, 15) is 0 Å². The van der Waals surface area contributed by atoms with Crippen molar-refractivity contribution in [2.24, 2.45) is 5.10 Å². The lowest BCUT2D eigenvalue weighted by Gasteiger charge is -2.05. The lowest BCUT2D eigenvalue weighted by molar-refractivity contribution is 0.582. The van der Waals surface area contributed by atoms with Crippen LogP contribution in [0.15, 0.2) is 52.2 Å². The van der Waals surface area contributed by atoms with E-state index in [2.05, 4.69) is 10.5 Å². The summed E-state index contributed by atoms with van der Waals surface area (Å²) in [6.07, 6.45) is 1.57. The van der Waals surface area contributed by atoms with Crippen molar-refractivity contribution in [2.75, 3.05) is 5.43 Å². The van der Waals surface area contributed by atoms with E-state index in [1.165, 1.54) is 0 Å². The number of furan rings is 1. The van der Waals surface area contributed by atoms with Crippen LogP contribution in [0.25, 0.3) is 11.3 Å². The van der Waals surface area contributed by atoms with Crippen LogP contribution in [0.2, 0.25) is 0 Å². The van der Waals surface area contributed by atoms with Gasteiger partial charge in [-0.1, -0.05) is 12.1 Å². The highest BCUT2D eigenvalue weighted by Crippen LogP contribution is 2.27. The number of hydrogen-bond donors (Lipinski definition) is 1. The summed E-state index contributed by atoms with van der Waals surface area (Å²) in [5.74, 6) is 0.684. The molecule has 0 radical (unpaired) electrons. The molecule has 5 nitrogen and oxygen atoms in total. The Bertz CT molecular complexity index is 628. The Morgan fingerprint density at radius 3 is 2.56 bits per heavy atom. The van der Waals surface area contributed by atoms with Crippen LogP contribution in [0.1, 0.15) is 0 Å². The van der Waals surface area contributed by atoms with Gasteiger partial charge in [0.2, 0.25) is 5.71 Å². The Morgan fingerprint density at radius 1 is 1.11 bits per heavy atom. The average molecular weight is 236 g/mol. The van der Waals surface area contributed by atoms with Gasteiger partial charge in [-0.05, 0) is 24.3 Å². The molecule has 0 aliphatic heterocycles. The van der Waals surface area contributed by atoms with E-state index in [-0.39, 0.29) is 5.71 Å². The molecule has 1 N–H and O–H groups in total. The van der Waals surface area contributed by atoms with Crippen LogP contribution in [0.3, 0.4) is 0 Å². The molecule has 0 atom stereocenters. The van der Waals surface area contributed by atoms with Crippen molar-refractivity contribution in [1.82, 2.24) is 0 Å². The van der Waals surface area contributed by atoms with Crippen LogP contribution in [0.4, 0.5) is 5.69 Å². The molecule has 1 aromatic carbocycles. The second-order valence-corrected chi connectivity index (χ2v) is 3.32. The fourth-order valence-electron chi connectivity index (χ4n) is 1.42. The van der Waals surface area contributed by atoms with E-state index in [0.29, 0.717) is 11.4 Å². The summed E-state index contributed by atoms with van der Waals surface area (Å²) in [5.41, 5.74) is 3.92. The third kappa shape index (κ3) is 2.37. The molecule has 0 saturated carbocycles. The van der Waals surface area contributed by atoms with Crippen molar-refractivity contribution in [1.29, 1.82) is 10.5 Å². The Kier molecular flexibility index (Phi) is 3.39. The van der Waals surface area contributed by atoms with Crippen LogP contribution in [-0.4, -0.2) is 5.71 Å². The van der Waals surface area contributed by atoms with E-state index < -0.39 is 0 Å².